The van der Waals surface area contributed by atoms with Gasteiger partial charge in [0.25, 0.3) is 0 Å². The van der Waals surface area contributed by atoms with Gasteiger partial charge in [-0.1, -0.05) is 26.2 Å². The monoisotopic (exact) mass is 166 g/mol. The molecule has 2 rings (SSSR count). The van der Waals surface area contributed by atoms with E-state index in [1.165, 1.54) is 19.3 Å². The van der Waals surface area contributed by atoms with E-state index in [-0.39, 0.29) is 0 Å². The highest BCUT2D eigenvalue weighted by Crippen LogP contribution is 2.53. The molecule has 2 fully saturated rings. The van der Waals surface area contributed by atoms with E-state index in [9.17, 15) is 0 Å². The molecule has 1 spiro atoms. The van der Waals surface area contributed by atoms with Gasteiger partial charge in [0.1, 0.15) is 0 Å². The first-order valence-electron chi connectivity index (χ1n) is 5.85. The van der Waals surface area contributed by atoms with Gasteiger partial charge in [-0.2, -0.15) is 0 Å². The molecule has 0 N–H and O–H groups in total. The number of rotatable bonds is 2. The molecular formula is C12H22. The van der Waals surface area contributed by atoms with Gasteiger partial charge in [0.05, 0.1) is 0 Å². The molecule has 0 heteroatoms. The fourth-order valence-corrected chi connectivity index (χ4v) is 3.16. The molecule has 2 aliphatic carbocycles. The smallest absolute Gasteiger partial charge is 0.0297 e. The quantitative estimate of drug-likeness (QED) is 0.578. The van der Waals surface area contributed by atoms with Crippen molar-refractivity contribution in [2.45, 2.75) is 64.7 Å². The minimum Gasteiger partial charge on any atom is -0.0654 e. The lowest BCUT2D eigenvalue weighted by Crippen LogP contribution is -2.33. The molecule has 0 aromatic rings. The Morgan fingerprint density at radius 1 is 1.08 bits per heavy atom. The molecule has 0 saturated heterocycles. The van der Waals surface area contributed by atoms with E-state index in [1.807, 2.05) is 0 Å². The molecule has 0 atom stereocenters. The van der Waals surface area contributed by atoms with Crippen LogP contribution in [0.3, 0.4) is 0 Å². The predicted molar refractivity (Wildman–Crippen MR) is 53.2 cm³/mol. The highest BCUT2D eigenvalue weighted by Gasteiger charge is 2.39. The topological polar surface area (TPSA) is 0 Å². The Labute approximate surface area is 76.7 Å². The van der Waals surface area contributed by atoms with Crippen LogP contribution in [-0.2, 0) is 0 Å². The molecule has 0 unspecified atom stereocenters. The Morgan fingerprint density at radius 2 is 1.75 bits per heavy atom. The van der Waals surface area contributed by atoms with E-state index < -0.39 is 0 Å². The first-order chi connectivity index (χ1) is 5.85. The molecule has 2 saturated carbocycles. The summed E-state index contributed by atoms with van der Waals surface area (Å²) in [6.45, 7) is 2.33. The molecule has 0 bridgehead atoms. The van der Waals surface area contributed by atoms with E-state index in [0.717, 1.165) is 11.3 Å². The lowest BCUT2D eigenvalue weighted by Gasteiger charge is -2.47. The van der Waals surface area contributed by atoms with Crippen molar-refractivity contribution in [2.24, 2.45) is 11.3 Å². The van der Waals surface area contributed by atoms with Gasteiger partial charge in [-0.3, -0.25) is 0 Å². The van der Waals surface area contributed by atoms with Crippen LogP contribution >= 0.6 is 0 Å². The van der Waals surface area contributed by atoms with E-state index in [2.05, 4.69) is 6.92 Å². The minimum absolute atomic E-state index is 0.879. The van der Waals surface area contributed by atoms with Crippen molar-refractivity contribution in [1.82, 2.24) is 0 Å². The Hall–Kier alpha value is 0. The molecule has 0 aliphatic heterocycles. The first-order valence-corrected chi connectivity index (χ1v) is 5.85. The van der Waals surface area contributed by atoms with Crippen molar-refractivity contribution in [2.75, 3.05) is 0 Å². The van der Waals surface area contributed by atoms with Crippen molar-refractivity contribution in [3.05, 3.63) is 0 Å². The van der Waals surface area contributed by atoms with Crippen LogP contribution in [0, 0.1) is 11.3 Å². The maximum absolute atomic E-state index is 2.33. The van der Waals surface area contributed by atoms with Crippen molar-refractivity contribution in [3.63, 3.8) is 0 Å². The third kappa shape index (κ3) is 1.53. The van der Waals surface area contributed by atoms with Gasteiger partial charge in [-0.05, 0) is 49.9 Å². The van der Waals surface area contributed by atoms with Gasteiger partial charge in [0.2, 0.25) is 0 Å². The summed E-state index contributed by atoms with van der Waals surface area (Å²) >= 11 is 0. The van der Waals surface area contributed by atoms with Crippen LogP contribution in [0.1, 0.15) is 64.7 Å². The van der Waals surface area contributed by atoms with E-state index in [4.69, 9.17) is 0 Å². The van der Waals surface area contributed by atoms with Crippen LogP contribution in [0.2, 0.25) is 0 Å². The first kappa shape index (κ1) is 8.59. The van der Waals surface area contributed by atoms with Crippen LogP contribution in [0.4, 0.5) is 0 Å². The van der Waals surface area contributed by atoms with Gasteiger partial charge in [-0.25, -0.2) is 0 Å². The highest BCUT2D eigenvalue weighted by atomic mass is 14.4. The molecule has 70 valence electrons. The molecule has 0 radical (unpaired) electrons. The van der Waals surface area contributed by atoms with E-state index in [1.54, 1.807) is 38.5 Å². The molecule has 12 heavy (non-hydrogen) atoms. The molecule has 0 heterocycles. The average Bonchev–Trinajstić information content (AvgIpc) is 2.04. The van der Waals surface area contributed by atoms with Crippen molar-refractivity contribution < 1.29 is 0 Å². The minimum atomic E-state index is 0.879. The zero-order valence-electron chi connectivity index (χ0n) is 8.44. The van der Waals surface area contributed by atoms with Gasteiger partial charge < -0.3 is 0 Å². The maximum atomic E-state index is 2.33. The largest absolute Gasteiger partial charge is 0.0654 e. The van der Waals surface area contributed by atoms with Crippen LogP contribution < -0.4 is 0 Å². The maximum Gasteiger partial charge on any atom is -0.0297 e. The summed E-state index contributed by atoms with van der Waals surface area (Å²) in [6.07, 6.45) is 13.8. The fraction of sp³-hybridized carbons (Fsp3) is 1.00. The summed E-state index contributed by atoms with van der Waals surface area (Å²) in [5.74, 6) is 1.10. The van der Waals surface area contributed by atoms with Gasteiger partial charge in [0.15, 0.2) is 0 Å². The predicted octanol–water partition coefficient (Wildman–Crippen LogP) is 4.15. The van der Waals surface area contributed by atoms with Crippen LogP contribution in [0.25, 0.3) is 0 Å². The molecule has 0 amide bonds. The Morgan fingerprint density at radius 3 is 2.17 bits per heavy atom. The number of hydrogen-bond donors (Lipinski definition) is 0. The molecule has 2 aliphatic rings. The van der Waals surface area contributed by atoms with Gasteiger partial charge >= 0.3 is 0 Å². The zero-order chi connectivity index (χ0) is 8.44. The van der Waals surface area contributed by atoms with Gasteiger partial charge in [-0.15, -0.1) is 0 Å². The summed E-state index contributed by atoms with van der Waals surface area (Å²) in [5.41, 5.74) is 0.879. The van der Waals surface area contributed by atoms with E-state index >= 15 is 0 Å². The van der Waals surface area contributed by atoms with Crippen molar-refractivity contribution >= 4 is 0 Å². The number of hydrogen-bond acceptors (Lipinski definition) is 0. The zero-order valence-corrected chi connectivity index (χ0v) is 8.44. The summed E-state index contributed by atoms with van der Waals surface area (Å²) in [7, 11) is 0. The molecule has 0 aromatic carbocycles. The summed E-state index contributed by atoms with van der Waals surface area (Å²) < 4.78 is 0. The Balaban J connectivity index is 1.77. The summed E-state index contributed by atoms with van der Waals surface area (Å²) in [4.78, 5) is 0. The third-order valence-electron chi connectivity index (χ3n) is 4.28. The molecule has 0 aromatic heterocycles. The average molecular weight is 166 g/mol. The summed E-state index contributed by atoms with van der Waals surface area (Å²) in [6, 6.07) is 0. The second-order valence-corrected chi connectivity index (χ2v) is 5.09. The molecular weight excluding hydrogens is 144 g/mol. The standard InChI is InChI=1S/C12H22/c1-2-4-11-5-9-12(10-6-11)7-3-8-12/h11H,2-10H2,1H3. The lowest BCUT2D eigenvalue weighted by atomic mass is 9.59. The van der Waals surface area contributed by atoms with Crippen molar-refractivity contribution in [1.29, 1.82) is 0 Å². The third-order valence-corrected chi connectivity index (χ3v) is 4.28. The van der Waals surface area contributed by atoms with Crippen LogP contribution in [0.5, 0.6) is 0 Å². The van der Waals surface area contributed by atoms with Crippen LogP contribution in [-0.4, -0.2) is 0 Å². The highest BCUT2D eigenvalue weighted by molar-refractivity contribution is 4.91. The summed E-state index contributed by atoms with van der Waals surface area (Å²) in [5, 5.41) is 0. The second kappa shape index (κ2) is 3.40. The van der Waals surface area contributed by atoms with E-state index in [0.29, 0.717) is 0 Å². The van der Waals surface area contributed by atoms with Crippen molar-refractivity contribution in [3.8, 4) is 0 Å². The lowest BCUT2D eigenvalue weighted by molar-refractivity contribution is 0.0535. The Kier molecular flexibility index (Phi) is 2.43. The molecule has 0 nitrogen and oxygen atoms in total. The fourth-order valence-electron chi connectivity index (χ4n) is 3.16. The van der Waals surface area contributed by atoms with Crippen LogP contribution in [0.15, 0.2) is 0 Å². The second-order valence-electron chi connectivity index (χ2n) is 5.09. The van der Waals surface area contributed by atoms with Gasteiger partial charge in [0, 0.05) is 0 Å². The Bertz CT molecular complexity index is 134. The normalized spacial score (nSPS) is 28.8. The SMILES string of the molecule is CCCC1CCC2(CCC2)CC1.